The molecule has 0 unspecified atom stereocenters. The van der Waals surface area contributed by atoms with Gasteiger partial charge in [0.2, 0.25) is 20.0 Å². The third-order valence-corrected chi connectivity index (χ3v) is 19.1. The molecule has 1 aliphatic heterocycles. The van der Waals surface area contributed by atoms with E-state index < -0.39 is 61.8 Å². The van der Waals surface area contributed by atoms with Crippen LogP contribution in [0.4, 0.5) is 28.9 Å². The largest absolute Gasteiger partial charge is 0.497 e. The second-order valence-corrected chi connectivity index (χ2v) is 27.7. The molecule has 20 nitrogen and oxygen atoms in total. The molecule has 0 aliphatic carbocycles. The second-order valence-electron chi connectivity index (χ2n) is 22.8. The van der Waals surface area contributed by atoms with Crippen molar-refractivity contribution in [3.8, 4) is 56.4 Å². The van der Waals surface area contributed by atoms with Crippen LogP contribution in [0.2, 0.25) is 0 Å². The van der Waals surface area contributed by atoms with E-state index in [2.05, 4.69) is 46.5 Å². The number of benzene rings is 6. The molecule has 0 atom stereocenters. The number of carbonyl (C=O) groups excluding carboxylic acids is 2. The lowest BCUT2D eigenvalue weighted by molar-refractivity contribution is 0.00578. The van der Waals surface area contributed by atoms with Gasteiger partial charge in [0.15, 0.2) is 11.3 Å². The summed E-state index contributed by atoms with van der Waals surface area (Å²) in [5.74, 6) is -1.91. The molecule has 94 heavy (non-hydrogen) atoms. The maximum atomic E-state index is 13.7. The highest BCUT2D eigenvalue weighted by Gasteiger charge is 2.53. The minimum Gasteiger partial charge on any atom is -0.455 e. The van der Waals surface area contributed by atoms with Gasteiger partial charge in [-0.2, -0.15) is 0 Å². The first-order valence-corrected chi connectivity index (χ1v) is 33.2. The third-order valence-electron chi connectivity index (χ3n) is 16.3. The molecule has 0 radical (unpaired) electrons. The Bertz CT molecular complexity index is 5150. The van der Waals surface area contributed by atoms with Crippen LogP contribution in [0, 0.1) is 23.3 Å². The molecule has 0 saturated carbocycles. The van der Waals surface area contributed by atoms with Crippen LogP contribution in [0.25, 0.3) is 89.7 Å². The number of hydrogen-bond acceptors (Lipinski definition) is 14. The van der Waals surface area contributed by atoms with E-state index in [1.54, 1.807) is 71.7 Å². The highest BCUT2D eigenvalue weighted by atomic mass is 79.9. The van der Waals surface area contributed by atoms with E-state index in [4.69, 9.17) is 18.1 Å². The van der Waals surface area contributed by atoms with Crippen molar-refractivity contribution in [2.24, 2.45) is 0 Å². The number of imidazole rings is 2. The summed E-state index contributed by atoms with van der Waals surface area (Å²) in [7, 11) is -2.48. The van der Waals surface area contributed by atoms with Crippen molar-refractivity contribution < 1.29 is 62.1 Å². The fourth-order valence-corrected chi connectivity index (χ4v) is 11.7. The molecule has 0 bridgehead atoms. The van der Waals surface area contributed by atoms with Gasteiger partial charge in [-0.25, -0.2) is 49.3 Å². The number of aromatic nitrogens is 6. The summed E-state index contributed by atoms with van der Waals surface area (Å²) in [6.45, 7) is 7.58. The summed E-state index contributed by atoms with van der Waals surface area (Å²) >= 11 is 3.32. The van der Waals surface area contributed by atoms with Crippen LogP contribution in [0.15, 0.2) is 172 Å². The van der Waals surface area contributed by atoms with Crippen LogP contribution in [-0.2, 0) is 29.4 Å². The highest BCUT2D eigenvalue weighted by Crippen LogP contribution is 2.43. The average Bonchev–Trinajstić information content (AvgIpc) is 1.57. The number of nitrogens with one attached hydrogen (secondary N) is 2. The minimum atomic E-state index is -3.73. The first-order chi connectivity index (χ1) is 44.4. The predicted octanol–water partition coefficient (Wildman–Crippen LogP) is 12.1. The van der Waals surface area contributed by atoms with Crippen molar-refractivity contribution in [2.75, 3.05) is 49.3 Å². The van der Waals surface area contributed by atoms with Gasteiger partial charge >= 0.3 is 7.12 Å². The lowest BCUT2D eigenvalue weighted by Crippen LogP contribution is -2.41. The molecule has 1 fully saturated rings. The SMILES string of the molecule is CNC(=O)c1c(-c2ccc(F)cc2)oc2cc(N(C)S(C)(=O)=O)c(-c3cn4c(-c5ccc(F)cc5)cnc4cn3)cc12.CNC(=O)c1c(-c2ccc(F)cc2)oc2cc(N(C)S(C)(=O)=O)c(B3OC(C)(C)C(C)(C)O3)cc12.Fc1ccc(-c2cnc3cnc(Br)cn23)cc1. The molecule has 482 valence electrons. The van der Waals surface area contributed by atoms with Gasteiger partial charge in [0, 0.05) is 96.8 Å². The monoisotopic (exact) mass is 1380 g/mol. The number of anilines is 2. The van der Waals surface area contributed by atoms with E-state index in [0.29, 0.717) is 61.2 Å². The predicted molar refractivity (Wildman–Crippen MR) is 356 cm³/mol. The average molecular weight is 1380 g/mol. The van der Waals surface area contributed by atoms with Crippen LogP contribution in [-0.4, -0.2) is 116 Å². The molecular formula is C66H58BBrF4N10O10S2. The number of rotatable bonds is 12. The zero-order chi connectivity index (χ0) is 67.5. The molecule has 2 amide bonds. The van der Waals surface area contributed by atoms with E-state index in [9.17, 15) is 44.0 Å². The molecule has 1 saturated heterocycles. The Morgan fingerprint density at radius 3 is 1.34 bits per heavy atom. The van der Waals surface area contributed by atoms with Crippen molar-refractivity contribution >= 4 is 105 Å². The van der Waals surface area contributed by atoms with E-state index in [0.717, 1.165) is 42.6 Å². The third kappa shape index (κ3) is 12.9. The number of furan rings is 2. The summed E-state index contributed by atoms with van der Waals surface area (Å²) in [5.41, 5.74) is 6.81. The molecule has 12 aromatic rings. The van der Waals surface area contributed by atoms with Crippen molar-refractivity contribution in [3.05, 3.63) is 198 Å². The van der Waals surface area contributed by atoms with Gasteiger partial charge in [0.05, 0.1) is 88.1 Å². The van der Waals surface area contributed by atoms with Crippen molar-refractivity contribution in [1.82, 2.24) is 39.4 Å². The Hall–Kier alpha value is -9.74. The number of amides is 2. The van der Waals surface area contributed by atoms with Gasteiger partial charge < -0.3 is 28.8 Å². The maximum Gasteiger partial charge on any atom is 0.497 e. The second kappa shape index (κ2) is 25.3. The molecule has 1 aliphatic rings. The Morgan fingerprint density at radius 1 is 0.532 bits per heavy atom. The number of fused-ring (bicyclic) bond motifs is 4. The first-order valence-electron chi connectivity index (χ1n) is 28.7. The number of carbonyl (C=O) groups is 2. The normalized spacial score (nSPS) is 13.6. The maximum absolute atomic E-state index is 13.7. The molecule has 0 spiro atoms. The zero-order valence-electron chi connectivity index (χ0n) is 52.0. The van der Waals surface area contributed by atoms with Crippen LogP contribution in [0.5, 0.6) is 0 Å². The number of halogens is 5. The lowest BCUT2D eigenvalue weighted by atomic mass is 9.77. The fourth-order valence-electron chi connectivity index (χ4n) is 10.4. The Morgan fingerprint density at radius 2 is 0.915 bits per heavy atom. The van der Waals surface area contributed by atoms with Gasteiger partial charge in [0.25, 0.3) is 11.8 Å². The summed E-state index contributed by atoms with van der Waals surface area (Å²) in [5, 5.41) is 6.08. The molecule has 6 aromatic carbocycles. The molecule has 7 heterocycles. The number of sulfonamides is 2. The summed E-state index contributed by atoms with van der Waals surface area (Å²) in [6.07, 6.45) is 12.3. The smallest absolute Gasteiger partial charge is 0.455 e. The Labute approximate surface area is 545 Å². The van der Waals surface area contributed by atoms with E-state index in [-0.39, 0.29) is 51.1 Å². The fraction of sp³-hybridized carbons (Fsp3) is 0.182. The van der Waals surface area contributed by atoms with Crippen molar-refractivity contribution in [2.45, 2.75) is 38.9 Å². The quantitative estimate of drug-likeness (QED) is 0.0855. The lowest BCUT2D eigenvalue weighted by Gasteiger charge is -2.32. The van der Waals surface area contributed by atoms with Crippen LogP contribution < -0.4 is 24.7 Å². The van der Waals surface area contributed by atoms with Gasteiger partial charge in [-0.1, -0.05) is 0 Å². The summed E-state index contributed by atoms with van der Waals surface area (Å²) in [6, 6.07) is 29.8. The van der Waals surface area contributed by atoms with Crippen molar-refractivity contribution in [3.63, 3.8) is 0 Å². The minimum absolute atomic E-state index is 0.199. The molecular weight excluding hydrogens is 1320 g/mol. The first kappa shape index (κ1) is 65.7. The van der Waals surface area contributed by atoms with Gasteiger partial charge in [-0.05, 0) is 153 Å². The molecule has 28 heteroatoms. The van der Waals surface area contributed by atoms with Gasteiger partial charge in [-0.15, -0.1) is 0 Å². The van der Waals surface area contributed by atoms with Crippen LogP contribution in [0.3, 0.4) is 0 Å². The van der Waals surface area contributed by atoms with Gasteiger partial charge in [0.1, 0.15) is 50.6 Å². The van der Waals surface area contributed by atoms with Crippen LogP contribution in [0.1, 0.15) is 48.4 Å². The highest BCUT2D eigenvalue weighted by molar-refractivity contribution is 9.10. The summed E-state index contributed by atoms with van der Waals surface area (Å²) in [4.78, 5) is 43.4. The summed E-state index contributed by atoms with van der Waals surface area (Å²) < 4.78 is 135. The van der Waals surface area contributed by atoms with E-state index >= 15 is 0 Å². The standard InChI is InChI=1S/C30H23F2N5O4S.C24H28BFN2O6S.C12H7BrFN3/c1-33-30(38)28-22-12-21(23-16-37-25(14-35-27(37)15-34-23)17-4-8-19(31)9-5-17)24(36(2)42(3,39)40)13-26(22)41-29(28)18-6-10-20(32)11-7-18;1-23(2)24(3,4)34-25(33-23)17-12-16-19(13-18(17)28(6)35(7,30)31)32-21(20(16)22(29)27-5)14-8-10-15(26)11-9-14;13-11-7-17-10(5-16-12(17)6-15-11)8-1-3-9(14)4-2-8/h4-16H,1-3H3,(H,33,38);8-13H,1-7H3,(H,27,29);1-7H. The Balaban J connectivity index is 0.000000156. The molecule has 13 rings (SSSR count). The number of nitrogens with zero attached hydrogens (tertiary/aromatic N) is 8. The number of hydrogen-bond donors (Lipinski definition) is 2. The Kier molecular flexibility index (Phi) is 17.7. The van der Waals surface area contributed by atoms with E-state index in [1.165, 1.54) is 113 Å². The van der Waals surface area contributed by atoms with Crippen LogP contribution >= 0.6 is 15.9 Å². The molecule has 6 aromatic heterocycles. The topological polar surface area (TPSA) is 238 Å². The van der Waals surface area contributed by atoms with E-state index in [1.807, 2.05) is 38.3 Å². The van der Waals surface area contributed by atoms with Crippen molar-refractivity contribution in [1.29, 1.82) is 0 Å². The molecule has 2 N–H and O–H groups in total. The van der Waals surface area contributed by atoms with Gasteiger partial charge in [-0.3, -0.25) is 32.0 Å². The zero-order valence-corrected chi connectivity index (χ0v) is 55.2.